The van der Waals surface area contributed by atoms with Crippen LogP contribution in [0.15, 0.2) is 54.7 Å². The van der Waals surface area contributed by atoms with E-state index in [0.29, 0.717) is 13.1 Å². The van der Waals surface area contributed by atoms with E-state index in [1.54, 1.807) is 0 Å². The Morgan fingerprint density at radius 1 is 1.14 bits per heavy atom. The van der Waals surface area contributed by atoms with E-state index in [-0.39, 0.29) is 6.54 Å². The quantitative estimate of drug-likeness (QED) is 0.547. The van der Waals surface area contributed by atoms with Gasteiger partial charge in [-0.15, -0.1) is 0 Å². The molecule has 6 nitrogen and oxygen atoms in total. The molecule has 152 valence electrons. The number of carbonyl (C=O) groups is 1. The molecule has 0 spiro atoms. The van der Waals surface area contributed by atoms with Crippen LogP contribution in [0.4, 0.5) is 0 Å². The highest BCUT2D eigenvalue weighted by molar-refractivity contribution is 5.76. The van der Waals surface area contributed by atoms with Crippen molar-refractivity contribution in [3.8, 4) is 11.3 Å². The van der Waals surface area contributed by atoms with Gasteiger partial charge in [0.1, 0.15) is 0 Å². The number of nitrogens with one attached hydrogen (secondary N) is 1. The van der Waals surface area contributed by atoms with Crippen LogP contribution in [0.2, 0.25) is 0 Å². The molecular formula is C23H27N3O3. The zero-order chi connectivity index (χ0) is 21.0. The Balaban J connectivity index is 1.87. The number of carboxylic acid groups (broad SMARTS) is 1. The Kier molecular flexibility index (Phi) is 6.15. The maximum Gasteiger partial charge on any atom is 0.336 e. The lowest BCUT2D eigenvalue weighted by Crippen LogP contribution is -2.44. The van der Waals surface area contributed by atoms with Gasteiger partial charge in [-0.25, -0.2) is 4.79 Å². The molecule has 1 aromatic heterocycles. The van der Waals surface area contributed by atoms with Crippen molar-refractivity contribution in [2.24, 2.45) is 0 Å². The molecule has 0 amide bonds. The van der Waals surface area contributed by atoms with E-state index >= 15 is 0 Å². The van der Waals surface area contributed by atoms with Crippen molar-refractivity contribution in [2.75, 3.05) is 6.54 Å². The van der Waals surface area contributed by atoms with Crippen LogP contribution in [0.25, 0.3) is 11.3 Å². The number of aliphatic hydroxyl groups is 1. The highest BCUT2D eigenvalue weighted by atomic mass is 16.4. The predicted molar refractivity (Wildman–Crippen MR) is 113 cm³/mol. The summed E-state index contributed by atoms with van der Waals surface area (Å²) >= 11 is 0. The minimum Gasteiger partial charge on any atom is -0.479 e. The lowest BCUT2D eigenvalue weighted by molar-refractivity contribution is -0.156. The van der Waals surface area contributed by atoms with Crippen LogP contribution >= 0.6 is 0 Å². The summed E-state index contributed by atoms with van der Waals surface area (Å²) in [7, 11) is 0. The van der Waals surface area contributed by atoms with Crippen molar-refractivity contribution in [2.45, 2.75) is 39.5 Å². The van der Waals surface area contributed by atoms with Gasteiger partial charge < -0.3 is 15.5 Å². The number of aromatic nitrogens is 2. The third kappa shape index (κ3) is 5.10. The standard InChI is InChI=1S/C23H27N3O3/c1-16-9-10-19(11-17(16)2)21-20(12-24-15-23(3,29)22(27)28)14-26(25-21)13-18-7-5-4-6-8-18/h4-11,14,24,29H,12-13,15H2,1-3H3,(H,27,28). The number of aliphatic carboxylic acids is 1. The fraction of sp³-hybridized carbons (Fsp3) is 0.304. The van der Waals surface area contributed by atoms with Crippen molar-refractivity contribution >= 4 is 5.97 Å². The van der Waals surface area contributed by atoms with Gasteiger partial charge in [-0.1, -0.05) is 42.5 Å². The second kappa shape index (κ2) is 8.59. The molecule has 3 aromatic rings. The van der Waals surface area contributed by atoms with E-state index in [4.69, 9.17) is 10.2 Å². The molecule has 1 heterocycles. The number of nitrogens with zero attached hydrogens (tertiary/aromatic N) is 2. The summed E-state index contributed by atoms with van der Waals surface area (Å²) in [5.74, 6) is -1.25. The Hall–Kier alpha value is -2.96. The Morgan fingerprint density at radius 2 is 1.86 bits per heavy atom. The average molecular weight is 393 g/mol. The Bertz CT molecular complexity index is 994. The number of rotatable bonds is 8. The molecule has 1 atom stereocenters. The molecule has 0 bridgehead atoms. The number of hydrogen-bond donors (Lipinski definition) is 3. The minimum atomic E-state index is -1.82. The zero-order valence-corrected chi connectivity index (χ0v) is 17.0. The summed E-state index contributed by atoms with van der Waals surface area (Å²) in [6, 6.07) is 16.3. The molecule has 6 heteroatoms. The van der Waals surface area contributed by atoms with Crippen LogP contribution in [-0.2, 0) is 17.9 Å². The van der Waals surface area contributed by atoms with E-state index in [2.05, 4.69) is 49.5 Å². The molecule has 0 saturated heterocycles. The van der Waals surface area contributed by atoms with Gasteiger partial charge in [0.2, 0.25) is 0 Å². The van der Waals surface area contributed by atoms with Gasteiger partial charge in [-0.3, -0.25) is 4.68 Å². The predicted octanol–water partition coefficient (Wildman–Crippen LogP) is 3.14. The van der Waals surface area contributed by atoms with Gasteiger partial charge in [0.25, 0.3) is 0 Å². The van der Waals surface area contributed by atoms with Gasteiger partial charge in [-0.05, 0) is 43.5 Å². The molecule has 0 aliphatic carbocycles. The topological polar surface area (TPSA) is 87.4 Å². The summed E-state index contributed by atoms with van der Waals surface area (Å²) in [4.78, 5) is 11.1. The first-order chi connectivity index (χ1) is 13.8. The van der Waals surface area contributed by atoms with E-state index in [1.165, 1.54) is 18.1 Å². The van der Waals surface area contributed by atoms with Crippen molar-refractivity contribution in [3.63, 3.8) is 0 Å². The van der Waals surface area contributed by atoms with Crippen molar-refractivity contribution in [3.05, 3.63) is 77.0 Å². The van der Waals surface area contributed by atoms with Gasteiger partial charge in [-0.2, -0.15) is 5.10 Å². The SMILES string of the molecule is Cc1ccc(-c2nn(Cc3ccccc3)cc2CNCC(C)(O)C(=O)O)cc1C. The van der Waals surface area contributed by atoms with E-state index in [1.807, 2.05) is 29.1 Å². The van der Waals surface area contributed by atoms with Crippen LogP contribution in [0, 0.1) is 13.8 Å². The normalized spacial score (nSPS) is 13.2. The third-order valence-electron chi connectivity index (χ3n) is 5.05. The van der Waals surface area contributed by atoms with Crippen LogP contribution < -0.4 is 5.32 Å². The van der Waals surface area contributed by atoms with Crippen LogP contribution in [0.5, 0.6) is 0 Å². The van der Waals surface area contributed by atoms with Crippen LogP contribution in [-0.4, -0.2) is 38.1 Å². The molecule has 0 aliphatic rings. The fourth-order valence-corrected chi connectivity index (χ4v) is 3.09. The van der Waals surface area contributed by atoms with Crippen molar-refractivity contribution in [1.29, 1.82) is 0 Å². The van der Waals surface area contributed by atoms with Gasteiger partial charge >= 0.3 is 5.97 Å². The monoisotopic (exact) mass is 393 g/mol. The highest BCUT2D eigenvalue weighted by Gasteiger charge is 2.29. The van der Waals surface area contributed by atoms with Crippen LogP contribution in [0.1, 0.15) is 29.2 Å². The molecule has 3 N–H and O–H groups in total. The average Bonchev–Trinajstić information content (AvgIpc) is 3.07. The molecule has 29 heavy (non-hydrogen) atoms. The number of aryl methyl sites for hydroxylation is 2. The Morgan fingerprint density at radius 3 is 2.52 bits per heavy atom. The van der Waals surface area contributed by atoms with E-state index < -0.39 is 11.6 Å². The first-order valence-corrected chi connectivity index (χ1v) is 9.60. The third-order valence-corrected chi connectivity index (χ3v) is 5.05. The van der Waals surface area contributed by atoms with Gasteiger partial charge in [0.15, 0.2) is 5.60 Å². The molecule has 0 fully saturated rings. The maximum atomic E-state index is 11.1. The lowest BCUT2D eigenvalue weighted by Gasteiger charge is -2.18. The summed E-state index contributed by atoms with van der Waals surface area (Å²) in [5, 5.41) is 26.9. The smallest absolute Gasteiger partial charge is 0.336 e. The van der Waals surface area contributed by atoms with E-state index in [0.717, 1.165) is 22.4 Å². The summed E-state index contributed by atoms with van der Waals surface area (Å²) in [6.07, 6.45) is 1.97. The minimum absolute atomic E-state index is 0.0570. The molecule has 0 radical (unpaired) electrons. The number of carboxylic acids is 1. The molecule has 0 saturated carbocycles. The Labute approximate surface area is 170 Å². The molecular weight excluding hydrogens is 366 g/mol. The van der Waals surface area contributed by atoms with Crippen molar-refractivity contribution in [1.82, 2.24) is 15.1 Å². The molecule has 0 aliphatic heterocycles. The lowest BCUT2D eigenvalue weighted by atomic mass is 10.0. The summed E-state index contributed by atoms with van der Waals surface area (Å²) < 4.78 is 1.90. The summed E-state index contributed by atoms with van der Waals surface area (Å²) in [5.41, 5.74) is 4.55. The summed E-state index contributed by atoms with van der Waals surface area (Å²) in [6.45, 7) is 6.42. The van der Waals surface area contributed by atoms with E-state index in [9.17, 15) is 9.90 Å². The first-order valence-electron chi connectivity index (χ1n) is 9.60. The molecule has 2 aromatic carbocycles. The molecule has 1 unspecified atom stereocenters. The number of hydrogen-bond acceptors (Lipinski definition) is 4. The highest BCUT2D eigenvalue weighted by Crippen LogP contribution is 2.25. The first kappa shape index (κ1) is 20.8. The van der Waals surface area contributed by atoms with Crippen LogP contribution in [0.3, 0.4) is 0 Å². The second-order valence-corrected chi connectivity index (χ2v) is 7.67. The number of benzene rings is 2. The fourth-order valence-electron chi connectivity index (χ4n) is 3.09. The molecule has 3 rings (SSSR count). The largest absolute Gasteiger partial charge is 0.479 e. The second-order valence-electron chi connectivity index (χ2n) is 7.67. The zero-order valence-electron chi connectivity index (χ0n) is 17.0. The van der Waals surface area contributed by atoms with Gasteiger partial charge in [0, 0.05) is 30.4 Å². The maximum absolute atomic E-state index is 11.1. The van der Waals surface area contributed by atoms with Gasteiger partial charge in [0.05, 0.1) is 12.2 Å². The van der Waals surface area contributed by atoms with Crippen molar-refractivity contribution < 1.29 is 15.0 Å².